The molecule has 2 N–H and O–H groups in total. The molecule has 2 rings (SSSR count). The van der Waals surface area contributed by atoms with E-state index in [4.69, 9.17) is 10.5 Å². The normalized spacial score (nSPS) is 10.2. The number of aryl methyl sites for hydroxylation is 1. The highest BCUT2D eigenvalue weighted by Gasteiger charge is 2.04. The summed E-state index contributed by atoms with van der Waals surface area (Å²) < 4.78 is 18.8. The Morgan fingerprint density at radius 1 is 1.18 bits per heavy atom. The van der Waals surface area contributed by atoms with Gasteiger partial charge in [0.2, 0.25) is 0 Å². The third-order valence-electron chi connectivity index (χ3n) is 2.52. The molecule has 0 radical (unpaired) electrons. The van der Waals surface area contributed by atoms with Gasteiger partial charge in [0, 0.05) is 11.3 Å². The molecule has 17 heavy (non-hydrogen) atoms. The van der Waals surface area contributed by atoms with Gasteiger partial charge in [-0.05, 0) is 30.7 Å². The van der Waals surface area contributed by atoms with Crippen LogP contribution in [0.1, 0.15) is 11.1 Å². The second-order valence-corrected chi connectivity index (χ2v) is 3.92. The van der Waals surface area contributed by atoms with E-state index in [1.807, 2.05) is 25.1 Å². The molecule has 0 saturated carbocycles. The quantitative estimate of drug-likeness (QED) is 0.822. The Morgan fingerprint density at radius 2 is 1.94 bits per heavy atom. The van der Waals surface area contributed by atoms with Gasteiger partial charge >= 0.3 is 0 Å². The van der Waals surface area contributed by atoms with Gasteiger partial charge in [0.25, 0.3) is 0 Å². The van der Waals surface area contributed by atoms with E-state index in [2.05, 4.69) is 0 Å². The Hall–Kier alpha value is -2.03. The number of rotatable bonds is 3. The fourth-order valence-electron chi connectivity index (χ4n) is 1.54. The van der Waals surface area contributed by atoms with E-state index in [1.54, 1.807) is 18.2 Å². The maximum Gasteiger partial charge on any atom is 0.165 e. The third kappa shape index (κ3) is 2.75. The Bertz CT molecular complexity index is 525. The highest BCUT2D eigenvalue weighted by molar-refractivity contribution is 5.46. The largest absolute Gasteiger partial charge is 0.486 e. The smallest absolute Gasteiger partial charge is 0.165 e. The molecule has 3 heteroatoms. The molecule has 0 unspecified atom stereocenters. The zero-order valence-electron chi connectivity index (χ0n) is 9.61. The van der Waals surface area contributed by atoms with E-state index >= 15 is 0 Å². The van der Waals surface area contributed by atoms with Crippen LogP contribution < -0.4 is 10.5 Å². The molecule has 2 nitrogen and oxygen atoms in total. The Kier molecular flexibility index (Phi) is 3.28. The van der Waals surface area contributed by atoms with Gasteiger partial charge in [-0.2, -0.15) is 0 Å². The summed E-state index contributed by atoms with van der Waals surface area (Å²) in [6, 6.07) is 12.2. The van der Waals surface area contributed by atoms with E-state index in [0.29, 0.717) is 5.69 Å². The zero-order chi connectivity index (χ0) is 12.3. The van der Waals surface area contributed by atoms with Crippen LogP contribution in [0, 0.1) is 12.7 Å². The zero-order valence-corrected chi connectivity index (χ0v) is 9.61. The van der Waals surface area contributed by atoms with Crippen LogP contribution in [0.3, 0.4) is 0 Å². The van der Waals surface area contributed by atoms with Gasteiger partial charge in [-0.3, -0.25) is 0 Å². The first-order chi connectivity index (χ1) is 8.16. The molecule has 88 valence electrons. The molecule has 0 aliphatic heterocycles. The summed E-state index contributed by atoms with van der Waals surface area (Å²) in [5.74, 6) is -0.0987. The number of para-hydroxylation sites is 1. The van der Waals surface area contributed by atoms with Crippen molar-refractivity contribution in [3.05, 3.63) is 59.4 Å². The van der Waals surface area contributed by atoms with Gasteiger partial charge in [-0.25, -0.2) is 4.39 Å². The van der Waals surface area contributed by atoms with Crippen LogP contribution in [0.2, 0.25) is 0 Å². The molecular formula is C14H14FNO. The molecule has 2 aromatic carbocycles. The Labute approximate surface area is 99.8 Å². The summed E-state index contributed by atoms with van der Waals surface area (Å²) in [7, 11) is 0. The van der Waals surface area contributed by atoms with Crippen molar-refractivity contribution in [2.75, 3.05) is 5.73 Å². The summed E-state index contributed by atoms with van der Waals surface area (Å²) in [5, 5.41) is 0. The SMILES string of the molecule is Cc1ccc(F)c(OCc2ccccc2N)c1. The van der Waals surface area contributed by atoms with Crippen LogP contribution in [-0.2, 0) is 6.61 Å². The van der Waals surface area contributed by atoms with Crippen LogP contribution in [-0.4, -0.2) is 0 Å². The van der Waals surface area contributed by atoms with Gasteiger partial charge in [-0.1, -0.05) is 24.3 Å². The van der Waals surface area contributed by atoms with E-state index in [-0.39, 0.29) is 18.2 Å². The number of nitrogens with two attached hydrogens (primary N) is 1. The van der Waals surface area contributed by atoms with Crippen molar-refractivity contribution in [2.45, 2.75) is 13.5 Å². The molecule has 0 aliphatic rings. The van der Waals surface area contributed by atoms with Gasteiger partial charge in [0.15, 0.2) is 11.6 Å². The summed E-state index contributed by atoms with van der Waals surface area (Å²) >= 11 is 0. The number of hydrogen-bond donors (Lipinski definition) is 1. The summed E-state index contributed by atoms with van der Waals surface area (Å²) in [6.45, 7) is 2.16. The van der Waals surface area contributed by atoms with Gasteiger partial charge in [0.05, 0.1) is 0 Å². The first-order valence-electron chi connectivity index (χ1n) is 5.39. The van der Waals surface area contributed by atoms with Crippen LogP contribution in [0.4, 0.5) is 10.1 Å². The number of benzene rings is 2. The maximum absolute atomic E-state index is 13.4. The predicted octanol–water partition coefficient (Wildman–Crippen LogP) is 3.30. The van der Waals surface area contributed by atoms with Gasteiger partial charge in [-0.15, -0.1) is 0 Å². The lowest BCUT2D eigenvalue weighted by Gasteiger charge is -2.09. The van der Waals surface area contributed by atoms with Crippen molar-refractivity contribution in [1.82, 2.24) is 0 Å². The second kappa shape index (κ2) is 4.87. The van der Waals surface area contributed by atoms with Crippen LogP contribution in [0.15, 0.2) is 42.5 Å². The average molecular weight is 231 g/mol. The molecule has 0 aliphatic carbocycles. The topological polar surface area (TPSA) is 35.2 Å². The first kappa shape index (κ1) is 11.5. The number of ether oxygens (including phenoxy) is 1. The summed E-state index contributed by atoms with van der Waals surface area (Å²) in [5.41, 5.74) is 8.25. The van der Waals surface area contributed by atoms with Gasteiger partial charge < -0.3 is 10.5 Å². The highest BCUT2D eigenvalue weighted by atomic mass is 19.1. The minimum absolute atomic E-state index is 0.258. The molecule has 2 aromatic rings. The minimum Gasteiger partial charge on any atom is -0.486 e. The molecule has 0 amide bonds. The van der Waals surface area contributed by atoms with E-state index < -0.39 is 0 Å². The first-order valence-corrected chi connectivity index (χ1v) is 5.39. The Morgan fingerprint density at radius 3 is 2.71 bits per heavy atom. The number of hydrogen-bond acceptors (Lipinski definition) is 2. The van der Waals surface area contributed by atoms with Crippen LogP contribution in [0.25, 0.3) is 0 Å². The molecule has 0 aromatic heterocycles. The predicted molar refractivity (Wildman–Crippen MR) is 66.3 cm³/mol. The van der Waals surface area contributed by atoms with E-state index in [0.717, 1.165) is 11.1 Å². The van der Waals surface area contributed by atoms with Crippen molar-refractivity contribution in [1.29, 1.82) is 0 Å². The second-order valence-electron chi connectivity index (χ2n) is 3.92. The van der Waals surface area contributed by atoms with Gasteiger partial charge in [0.1, 0.15) is 6.61 Å². The molecule has 0 atom stereocenters. The lowest BCUT2D eigenvalue weighted by molar-refractivity contribution is 0.290. The average Bonchev–Trinajstić information content (AvgIpc) is 2.32. The fourth-order valence-corrected chi connectivity index (χ4v) is 1.54. The van der Waals surface area contributed by atoms with E-state index in [1.165, 1.54) is 6.07 Å². The van der Waals surface area contributed by atoms with E-state index in [9.17, 15) is 4.39 Å². The lowest BCUT2D eigenvalue weighted by atomic mass is 10.2. The van der Waals surface area contributed by atoms with Crippen LogP contribution >= 0.6 is 0 Å². The van der Waals surface area contributed by atoms with Crippen molar-refractivity contribution in [3.8, 4) is 5.75 Å². The van der Waals surface area contributed by atoms with Crippen LogP contribution in [0.5, 0.6) is 5.75 Å². The van der Waals surface area contributed by atoms with Crippen molar-refractivity contribution >= 4 is 5.69 Å². The molecular weight excluding hydrogens is 217 g/mol. The molecule has 0 fully saturated rings. The Balaban J connectivity index is 2.12. The van der Waals surface area contributed by atoms with Crippen molar-refractivity contribution in [2.24, 2.45) is 0 Å². The summed E-state index contributed by atoms with van der Waals surface area (Å²) in [6.07, 6.45) is 0. The minimum atomic E-state index is -0.356. The maximum atomic E-state index is 13.4. The third-order valence-corrected chi connectivity index (χ3v) is 2.52. The number of nitrogen functional groups attached to an aromatic ring is 1. The fraction of sp³-hybridized carbons (Fsp3) is 0.143. The summed E-state index contributed by atoms with van der Waals surface area (Å²) in [4.78, 5) is 0. The van der Waals surface area contributed by atoms with Crippen molar-refractivity contribution in [3.63, 3.8) is 0 Å². The standard InChI is InChI=1S/C14H14FNO/c1-10-6-7-12(15)14(8-10)17-9-11-4-2-3-5-13(11)16/h2-8H,9,16H2,1H3. The monoisotopic (exact) mass is 231 g/mol. The molecule has 0 heterocycles. The number of halogens is 1. The number of anilines is 1. The molecule has 0 spiro atoms. The highest BCUT2D eigenvalue weighted by Crippen LogP contribution is 2.21. The molecule has 0 saturated heterocycles. The molecule has 0 bridgehead atoms. The van der Waals surface area contributed by atoms with Crippen molar-refractivity contribution < 1.29 is 9.13 Å². The lowest BCUT2D eigenvalue weighted by Crippen LogP contribution is -2.01.